The Hall–Kier alpha value is -0.570. The summed E-state index contributed by atoms with van der Waals surface area (Å²) in [5.41, 5.74) is 0. The van der Waals surface area contributed by atoms with Gasteiger partial charge in [-0.1, -0.05) is 6.92 Å². The topological polar surface area (TPSA) is 29.5 Å². The van der Waals surface area contributed by atoms with Gasteiger partial charge in [0.05, 0.1) is 0 Å². The molecule has 1 heterocycles. The van der Waals surface area contributed by atoms with E-state index in [0.717, 1.165) is 32.4 Å². The molecule has 1 aliphatic heterocycles. The molecular weight excluding hydrogens is 142 g/mol. The summed E-state index contributed by atoms with van der Waals surface area (Å²) in [6, 6.07) is 0. The fourth-order valence-corrected chi connectivity index (χ4v) is 1.17. The maximum atomic E-state index is 10.9. The minimum absolute atomic E-state index is 0.0885. The van der Waals surface area contributed by atoms with Gasteiger partial charge in [0.15, 0.2) is 0 Å². The van der Waals surface area contributed by atoms with Gasteiger partial charge in [-0.3, -0.25) is 4.79 Å². The number of rotatable bonds is 3. The summed E-state index contributed by atoms with van der Waals surface area (Å²) >= 11 is 0. The summed E-state index contributed by atoms with van der Waals surface area (Å²) in [5, 5.41) is 1.76. The fourth-order valence-electron chi connectivity index (χ4n) is 1.17. The predicted octanol–water partition coefficient (Wildman–Crippen LogP) is 1.34. The van der Waals surface area contributed by atoms with Crippen molar-refractivity contribution in [1.29, 1.82) is 0 Å². The van der Waals surface area contributed by atoms with E-state index >= 15 is 0 Å². The van der Waals surface area contributed by atoms with E-state index in [-0.39, 0.29) is 5.97 Å². The predicted molar refractivity (Wildman–Crippen MR) is 41.8 cm³/mol. The molecule has 1 rings (SSSR count). The van der Waals surface area contributed by atoms with Crippen LogP contribution in [-0.4, -0.2) is 24.1 Å². The highest BCUT2D eigenvalue weighted by Crippen LogP contribution is 2.08. The van der Waals surface area contributed by atoms with E-state index in [1.165, 1.54) is 0 Å². The van der Waals surface area contributed by atoms with E-state index in [2.05, 4.69) is 0 Å². The molecule has 11 heavy (non-hydrogen) atoms. The van der Waals surface area contributed by atoms with Gasteiger partial charge in [0, 0.05) is 19.5 Å². The van der Waals surface area contributed by atoms with E-state index in [1.54, 1.807) is 5.06 Å². The molecule has 1 aliphatic rings. The van der Waals surface area contributed by atoms with Crippen LogP contribution in [0.5, 0.6) is 0 Å². The van der Waals surface area contributed by atoms with Gasteiger partial charge in [0.1, 0.15) is 0 Å². The molecule has 0 saturated carbocycles. The number of nitrogens with zero attached hydrogens (tertiary/aromatic N) is 1. The molecule has 0 amide bonds. The average molecular weight is 157 g/mol. The van der Waals surface area contributed by atoms with Gasteiger partial charge in [-0.15, -0.1) is 5.06 Å². The number of hydrogen-bond donors (Lipinski definition) is 0. The second-order valence-electron chi connectivity index (χ2n) is 2.85. The van der Waals surface area contributed by atoms with Gasteiger partial charge in [-0.05, 0) is 19.3 Å². The Morgan fingerprint density at radius 2 is 2.09 bits per heavy atom. The average Bonchev–Trinajstić information content (AvgIpc) is 2.40. The smallest absolute Gasteiger partial charge is 0.325 e. The molecule has 64 valence electrons. The van der Waals surface area contributed by atoms with Crippen LogP contribution in [-0.2, 0) is 9.63 Å². The Balaban J connectivity index is 2.13. The maximum absolute atomic E-state index is 10.9. The van der Waals surface area contributed by atoms with Gasteiger partial charge in [0.25, 0.3) is 0 Å². The first-order chi connectivity index (χ1) is 5.33. The van der Waals surface area contributed by atoms with E-state index in [9.17, 15) is 4.79 Å². The Morgan fingerprint density at radius 3 is 2.64 bits per heavy atom. The summed E-state index contributed by atoms with van der Waals surface area (Å²) in [6.07, 6.45) is 3.71. The molecule has 1 fully saturated rings. The molecule has 0 unspecified atom stereocenters. The number of carbonyl (C=O) groups is 1. The van der Waals surface area contributed by atoms with E-state index in [4.69, 9.17) is 4.84 Å². The fraction of sp³-hybridized carbons (Fsp3) is 0.875. The molecule has 0 aromatic rings. The Morgan fingerprint density at radius 1 is 1.45 bits per heavy atom. The van der Waals surface area contributed by atoms with Gasteiger partial charge >= 0.3 is 5.97 Å². The molecule has 0 spiro atoms. The zero-order chi connectivity index (χ0) is 8.10. The largest absolute Gasteiger partial charge is 0.368 e. The SMILES string of the molecule is CCCC(=O)ON1CCCC1. The van der Waals surface area contributed by atoms with Crippen LogP contribution in [0, 0.1) is 0 Å². The zero-order valence-corrected chi connectivity index (χ0v) is 7.01. The third kappa shape index (κ3) is 2.89. The van der Waals surface area contributed by atoms with Gasteiger partial charge in [-0.2, -0.15) is 0 Å². The van der Waals surface area contributed by atoms with Crippen LogP contribution in [0.3, 0.4) is 0 Å². The van der Waals surface area contributed by atoms with Crippen LogP contribution in [0.2, 0.25) is 0 Å². The van der Waals surface area contributed by atoms with Crippen molar-refractivity contribution in [2.45, 2.75) is 32.6 Å². The van der Waals surface area contributed by atoms with Crippen molar-refractivity contribution in [2.24, 2.45) is 0 Å². The number of carbonyl (C=O) groups excluding carboxylic acids is 1. The van der Waals surface area contributed by atoms with Gasteiger partial charge < -0.3 is 4.84 Å². The normalized spacial score (nSPS) is 18.6. The van der Waals surface area contributed by atoms with E-state index in [0.29, 0.717) is 6.42 Å². The summed E-state index contributed by atoms with van der Waals surface area (Å²) < 4.78 is 0. The Bertz CT molecular complexity index is 130. The van der Waals surface area contributed by atoms with Crippen LogP contribution in [0.1, 0.15) is 32.6 Å². The van der Waals surface area contributed by atoms with Crippen LogP contribution in [0.15, 0.2) is 0 Å². The van der Waals surface area contributed by atoms with Crippen molar-refractivity contribution in [3.8, 4) is 0 Å². The second kappa shape index (κ2) is 4.34. The lowest BCUT2D eigenvalue weighted by Crippen LogP contribution is -2.23. The zero-order valence-electron chi connectivity index (χ0n) is 7.01. The highest BCUT2D eigenvalue weighted by molar-refractivity contribution is 5.68. The monoisotopic (exact) mass is 157 g/mol. The van der Waals surface area contributed by atoms with Crippen LogP contribution in [0.4, 0.5) is 0 Å². The summed E-state index contributed by atoms with van der Waals surface area (Å²) in [4.78, 5) is 16.0. The molecule has 0 atom stereocenters. The Kier molecular flexibility index (Phi) is 3.36. The lowest BCUT2D eigenvalue weighted by molar-refractivity contribution is -0.185. The molecule has 0 N–H and O–H groups in total. The third-order valence-electron chi connectivity index (χ3n) is 1.75. The molecule has 0 aromatic carbocycles. The van der Waals surface area contributed by atoms with Crippen LogP contribution < -0.4 is 0 Å². The van der Waals surface area contributed by atoms with Crippen molar-refractivity contribution in [1.82, 2.24) is 5.06 Å². The van der Waals surface area contributed by atoms with E-state index in [1.807, 2.05) is 6.92 Å². The highest BCUT2D eigenvalue weighted by atomic mass is 16.7. The summed E-state index contributed by atoms with van der Waals surface area (Å²) in [6.45, 7) is 3.80. The molecule has 0 radical (unpaired) electrons. The highest BCUT2D eigenvalue weighted by Gasteiger charge is 2.15. The maximum Gasteiger partial charge on any atom is 0.325 e. The van der Waals surface area contributed by atoms with Gasteiger partial charge in [0.2, 0.25) is 0 Å². The first-order valence-electron chi connectivity index (χ1n) is 4.28. The van der Waals surface area contributed by atoms with Crippen LogP contribution in [0.25, 0.3) is 0 Å². The molecule has 0 aromatic heterocycles. The van der Waals surface area contributed by atoms with E-state index < -0.39 is 0 Å². The molecule has 1 saturated heterocycles. The van der Waals surface area contributed by atoms with Crippen molar-refractivity contribution >= 4 is 5.97 Å². The minimum atomic E-state index is -0.0885. The van der Waals surface area contributed by atoms with Crippen molar-refractivity contribution in [3.05, 3.63) is 0 Å². The molecule has 0 bridgehead atoms. The minimum Gasteiger partial charge on any atom is -0.368 e. The Labute approximate surface area is 67.3 Å². The van der Waals surface area contributed by atoms with Crippen molar-refractivity contribution < 1.29 is 9.63 Å². The molecule has 3 heteroatoms. The number of hydroxylamine groups is 2. The molecule has 3 nitrogen and oxygen atoms in total. The molecular formula is C8H15NO2. The summed E-state index contributed by atoms with van der Waals surface area (Å²) in [7, 11) is 0. The van der Waals surface area contributed by atoms with Gasteiger partial charge in [-0.25, -0.2) is 0 Å². The third-order valence-corrected chi connectivity index (χ3v) is 1.75. The van der Waals surface area contributed by atoms with Crippen LogP contribution >= 0.6 is 0 Å². The lowest BCUT2D eigenvalue weighted by Gasteiger charge is -2.13. The summed E-state index contributed by atoms with van der Waals surface area (Å²) in [5.74, 6) is -0.0885. The van der Waals surface area contributed by atoms with Crippen molar-refractivity contribution in [2.75, 3.05) is 13.1 Å². The quantitative estimate of drug-likeness (QED) is 0.619. The first-order valence-corrected chi connectivity index (χ1v) is 4.28. The lowest BCUT2D eigenvalue weighted by atomic mass is 10.3. The molecule has 0 aliphatic carbocycles. The second-order valence-corrected chi connectivity index (χ2v) is 2.85. The standard InChI is InChI=1S/C8H15NO2/c1-2-5-8(10)11-9-6-3-4-7-9/h2-7H2,1H3. The number of hydrogen-bond acceptors (Lipinski definition) is 3. The first kappa shape index (κ1) is 8.53. The van der Waals surface area contributed by atoms with Crippen molar-refractivity contribution in [3.63, 3.8) is 0 Å².